The Morgan fingerprint density at radius 1 is 1.43 bits per heavy atom. The van der Waals surface area contributed by atoms with Crippen LogP contribution < -0.4 is 10.6 Å². The molecule has 2 heterocycles. The molecule has 0 spiro atoms. The van der Waals surface area contributed by atoms with Crippen molar-refractivity contribution in [3.8, 4) is 0 Å². The third-order valence-corrected chi connectivity index (χ3v) is 6.02. The number of amides is 2. The molecule has 1 aliphatic rings. The van der Waals surface area contributed by atoms with Crippen molar-refractivity contribution in [2.45, 2.75) is 39.8 Å². The number of hydrogen-bond donors (Lipinski definition) is 2. The lowest BCUT2D eigenvalue weighted by Crippen LogP contribution is -2.50. The van der Waals surface area contributed by atoms with E-state index in [0.29, 0.717) is 19.5 Å². The fourth-order valence-corrected chi connectivity index (χ4v) is 4.48. The van der Waals surface area contributed by atoms with Crippen molar-refractivity contribution in [2.75, 3.05) is 18.1 Å². The maximum atomic E-state index is 12.2. The summed E-state index contributed by atoms with van der Waals surface area (Å²) in [5.74, 6) is 0.421. The molecule has 1 fully saturated rings. The Hall–Kier alpha value is -1.57. The van der Waals surface area contributed by atoms with Crippen LogP contribution in [0.5, 0.6) is 0 Å². The average molecular weight is 342 g/mol. The lowest BCUT2D eigenvalue weighted by Gasteiger charge is -2.32. The van der Waals surface area contributed by atoms with E-state index in [0.717, 1.165) is 0 Å². The molecule has 2 amide bonds. The van der Waals surface area contributed by atoms with E-state index >= 15 is 0 Å². The van der Waals surface area contributed by atoms with Crippen LogP contribution >= 0.6 is 0 Å². The first-order valence-electron chi connectivity index (χ1n) is 7.86. The van der Waals surface area contributed by atoms with Gasteiger partial charge in [-0.05, 0) is 17.8 Å². The topological polar surface area (TPSA) is 93.1 Å². The van der Waals surface area contributed by atoms with E-state index in [1.807, 2.05) is 10.8 Å². The maximum absolute atomic E-state index is 12.2. The van der Waals surface area contributed by atoms with Crippen molar-refractivity contribution in [1.29, 1.82) is 0 Å². The molecule has 0 saturated carbocycles. The molecule has 0 bridgehead atoms. The maximum Gasteiger partial charge on any atom is 0.315 e. The van der Waals surface area contributed by atoms with Gasteiger partial charge in [0.25, 0.3) is 0 Å². The highest BCUT2D eigenvalue weighted by atomic mass is 32.2. The second kappa shape index (κ2) is 6.90. The Balaban J connectivity index is 1.85. The highest BCUT2D eigenvalue weighted by Crippen LogP contribution is 2.21. The van der Waals surface area contributed by atoms with Gasteiger partial charge < -0.3 is 15.2 Å². The Bertz CT molecular complexity index is 620. The molecule has 0 aliphatic carbocycles. The molecule has 23 heavy (non-hydrogen) atoms. The van der Waals surface area contributed by atoms with Crippen LogP contribution in [-0.2, 0) is 16.4 Å². The van der Waals surface area contributed by atoms with Crippen LogP contribution in [0.2, 0.25) is 0 Å². The van der Waals surface area contributed by atoms with E-state index in [-0.39, 0.29) is 34.9 Å². The van der Waals surface area contributed by atoms with Gasteiger partial charge in [0.2, 0.25) is 0 Å². The summed E-state index contributed by atoms with van der Waals surface area (Å²) < 4.78 is 24.8. The van der Waals surface area contributed by atoms with Gasteiger partial charge in [0.15, 0.2) is 9.84 Å². The normalized spacial score (nSPS) is 21.8. The zero-order chi connectivity index (χ0) is 17.1. The number of hydrogen-bond acceptors (Lipinski definition) is 4. The Labute approximate surface area is 137 Å². The molecule has 1 aliphatic heterocycles. The predicted molar refractivity (Wildman–Crippen MR) is 88.8 cm³/mol. The Morgan fingerprint density at radius 2 is 2.17 bits per heavy atom. The highest BCUT2D eigenvalue weighted by Gasteiger charge is 2.29. The summed E-state index contributed by atoms with van der Waals surface area (Å²) in [6.45, 7) is 7.23. The number of nitrogens with zero attached hydrogens (tertiary/aromatic N) is 2. The quantitative estimate of drug-likeness (QED) is 0.836. The van der Waals surface area contributed by atoms with E-state index in [2.05, 4.69) is 36.4 Å². The average Bonchev–Trinajstić information content (AvgIpc) is 3.04. The molecule has 8 heteroatoms. The van der Waals surface area contributed by atoms with Crippen LogP contribution in [-0.4, -0.2) is 48.1 Å². The molecule has 2 N–H and O–H groups in total. The summed E-state index contributed by atoms with van der Waals surface area (Å²) in [6, 6.07) is -0.321. The van der Waals surface area contributed by atoms with Gasteiger partial charge in [0, 0.05) is 25.5 Å². The van der Waals surface area contributed by atoms with Gasteiger partial charge in [-0.2, -0.15) is 0 Å². The van der Waals surface area contributed by atoms with Crippen molar-refractivity contribution in [1.82, 2.24) is 20.2 Å². The summed E-state index contributed by atoms with van der Waals surface area (Å²) in [4.78, 5) is 16.2. The van der Waals surface area contributed by atoms with Crippen LogP contribution in [0.3, 0.4) is 0 Å². The molecule has 2 rings (SSSR count). The van der Waals surface area contributed by atoms with Gasteiger partial charge in [-0.1, -0.05) is 20.8 Å². The smallest absolute Gasteiger partial charge is 0.315 e. The second-order valence-electron chi connectivity index (χ2n) is 7.30. The highest BCUT2D eigenvalue weighted by molar-refractivity contribution is 7.91. The molecule has 7 nitrogen and oxygen atoms in total. The summed E-state index contributed by atoms with van der Waals surface area (Å²) in [5, 5.41) is 5.80. The molecule has 0 aromatic carbocycles. The predicted octanol–water partition coefficient (Wildman–Crippen LogP) is 1.03. The van der Waals surface area contributed by atoms with Gasteiger partial charge in [-0.15, -0.1) is 0 Å². The summed E-state index contributed by atoms with van der Waals surface area (Å²) in [5.41, 5.74) is -0.113. The van der Waals surface area contributed by atoms with E-state index in [9.17, 15) is 13.2 Å². The first kappa shape index (κ1) is 17.8. The minimum Gasteiger partial charge on any atom is -0.338 e. The third-order valence-electron chi connectivity index (χ3n) is 4.18. The van der Waals surface area contributed by atoms with Crippen molar-refractivity contribution in [2.24, 2.45) is 11.3 Å². The molecular formula is C15H26N4O3S. The third kappa shape index (κ3) is 5.53. The molecular weight excluding hydrogens is 316 g/mol. The fraction of sp³-hybridized carbons (Fsp3) is 0.733. The number of aromatic nitrogens is 2. The molecule has 1 aromatic rings. The number of sulfone groups is 1. The van der Waals surface area contributed by atoms with Crippen LogP contribution in [0, 0.1) is 11.3 Å². The van der Waals surface area contributed by atoms with Crippen molar-refractivity contribution < 1.29 is 13.2 Å². The Kier molecular flexibility index (Phi) is 5.33. The lowest BCUT2D eigenvalue weighted by molar-refractivity contribution is 0.208. The van der Waals surface area contributed by atoms with Gasteiger partial charge in [-0.3, -0.25) is 0 Å². The van der Waals surface area contributed by atoms with Crippen LogP contribution in [0.25, 0.3) is 0 Å². The summed E-state index contributed by atoms with van der Waals surface area (Å²) in [6.07, 6.45) is 5.92. The van der Waals surface area contributed by atoms with E-state index in [1.165, 1.54) is 0 Å². The minimum atomic E-state index is -2.91. The van der Waals surface area contributed by atoms with E-state index in [1.54, 1.807) is 12.5 Å². The number of nitrogens with one attached hydrogen (secondary N) is 2. The number of carbonyl (C=O) groups excluding carboxylic acids is 1. The molecule has 1 saturated heterocycles. The molecule has 2 atom stereocenters. The van der Waals surface area contributed by atoms with Crippen LogP contribution in [0.15, 0.2) is 18.7 Å². The van der Waals surface area contributed by atoms with Crippen molar-refractivity contribution >= 4 is 15.9 Å². The molecule has 0 unspecified atom stereocenters. The SMILES string of the molecule is CC(C)(C)[C@@H](Cn1ccnc1)NC(=O)NC[C@H]1CCS(=O)(=O)C1. The number of imidazole rings is 1. The van der Waals surface area contributed by atoms with Crippen molar-refractivity contribution in [3.05, 3.63) is 18.7 Å². The van der Waals surface area contributed by atoms with Gasteiger partial charge in [0.1, 0.15) is 0 Å². The standard InChI is InChI=1S/C15H26N4O3S/c1-15(2,3)13(9-19-6-5-16-11-19)18-14(20)17-8-12-4-7-23(21,22)10-12/h5-6,11-13H,4,7-10H2,1-3H3,(H2,17,18,20)/t12-,13-/m1/s1. The molecule has 130 valence electrons. The van der Waals surface area contributed by atoms with Gasteiger partial charge in [0.05, 0.1) is 23.9 Å². The van der Waals surface area contributed by atoms with Gasteiger partial charge in [-0.25, -0.2) is 18.2 Å². The van der Waals surface area contributed by atoms with Gasteiger partial charge >= 0.3 is 6.03 Å². The fourth-order valence-electron chi connectivity index (χ4n) is 2.62. The first-order chi connectivity index (χ1) is 10.7. The number of carbonyl (C=O) groups is 1. The zero-order valence-corrected chi connectivity index (χ0v) is 14.8. The van der Waals surface area contributed by atoms with Crippen LogP contribution in [0.1, 0.15) is 27.2 Å². The van der Waals surface area contributed by atoms with E-state index in [4.69, 9.17) is 0 Å². The molecule has 1 aromatic heterocycles. The summed E-state index contributed by atoms with van der Waals surface area (Å²) in [7, 11) is -2.91. The summed E-state index contributed by atoms with van der Waals surface area (Å²) >= 11 is 0. The monoisotopic (exact) mass is 342 g/mol. The zero-order valence-electron chi connectivity index (χ0n) is 13.9. The van der Waals surface area contributed by atoms with Crippen LogP contribution in [0.4, 0.5) is 4.79 Å². The van der Waals surface area contributed by atoms with Crippen molar-refractivity contribution in [3.63, 3.8) is 0 Å². The first-order valence-corrected chi connectivity index (χ1v) is 9.68. The van der Waals surface area contributed by atoms with E-state index < -0.39 is 9.84 Å². The molecule has 0 radical (unpaired) electrons. The number of urea groups is 1. The number of rotatable bonds is 5. The lowest BCUT2D eigenvalue weighted by atomic mass is 9.86. The Morgan fingerprint density at radius 3 is 2.70 bits per heavy atom. The minimum absolute atomic E-state index is 0.0208. The second-order valence-corrected chi connectivity index (χ2v) is 9.53. The largest absolute Gasteiger partial charge is 0.338 e.